The maximum Gasteiger partial charge on any atom is 0.322 e. The number of nitrogens with zero attached hydrogens (tertiary/aromatic N) is 1. The summed E-state index contributed by atoms with van der Waals surface area (Å²) in [7, 11) is 1.69. The highest BCUT2D eigenvalue weighted by atomic mass is 16.4. The number of carboxylic acids is 1. The van der Waals surface area contributed by atoms with E-state index >= 15 is 0 Å². The first-order valence-electron chi connectivity index (χ1n) is 8.60. The van der Waals surface area contributed by atoms with Gasteiger partial charge in [-0.1, -0.05) is 60.7 Å². The van der Waals surface area contributed by atoms with Crippen LogP contribution in [-0.4, -0.2) is 48.7 Å². The molecular formula is C20H27N3O2. The maximum absolute atomic E-state index is 11.3. The number of rotatable bonds is 11. The van der Waals surface area contributed by atoms with E-state index in [0.29, 0.717) is 6.54 Å². The molecule has 3 N–H and O–H groups in total. The van der Waals surface area contributed by atoms with E-state index in [1.54, 1.807) is 7.05 Å². The predicted molar refractivity (Wildman–Crippen MR) is 100 cm³/mol. The zero-order valence-electron chi connectivity index (χ0n) is 14.7. The number of aliphatic carboxylic acids is 1. The van der Waals surface area contributed by atoms with Crippen molar-refractivity contribution in [1.29, 1.82) is 0 Å². The molecule has 0 heterocycles. The van der Waals surface area contributed by atoms with E-state index in [0.717, 1.165) is 26.2 Å². The van der Waals surface area contributed by atoms with Gasteiger partial charge in [0.15, 0.2) is 0 Å². The van der Waals surface area contributed by atoms with Gasteiger partial charge in [0.2, 0.25) is 0 Å². The van der Waals surface area contributed by atoms with E-state index < -0.39 is 12.0 Å². The van der Waals surface area contributed by atoms with Gasteiger partial charge in [-0.2, -0.15) is 0 Å². The normalized spacial score (nSPS) is 12.2. The quantitative estimate of drug-likeness (QED) is 0.545. The molecule has 0 saturated carbocycles. The average molecular weight is 341 g/mol. The van der Waals surface area contributed by atoms with Crippen molar-refractivity contribution in [3.8, 4) is 0 Å². The summed E-state index contributed by atoms with van der Waals surface area (Å²) in [5.74, 6) is -0.821. The van der Waals surface area contributed by atoms with E-state index in [-0.39, 0.29) is 0 Å². The Balaban J connectivity index is 1.87. The van der Waals surface area contributed by atoms with Crippen LogP contribution >= 0.6 is 0 Å². The SMILES string of the molecule is CN[C@@H](CN(CCNCc1ccccc1)Cc1ccccc1)C(=O)O. The van der Waals surface area contributed by atoms with Gasteiger partial charge in [0.25, 0.3) is 0 Å². The highest BCUT2D eigenvalue weighted by Gasteiger charge is 2.19. The Kier molecular flexibility index (Phi) is 8.12. The number of hydrogen-bond donors (Lipinski definition) is 3. The standard InChI is InChI=1S/C20H27N3O2/c1-21-19(20(24)25)16-23(15-18-10-6-3-7-11-18)13-12-22-14-17-8-4-2-5-9-17/h2-11,19,21-22H,12-16H2,1H3,(H,24,25)/t19-/m0/s1. The third kappa shape index (κ3) is 7.05. The molecule has 0 radical (unpaired) electrons. The van der Waals surface area contributed by atoms with Crippen LogP contribution in [0.1, 0.15) is 11.1 Å². The molecule has 0 aromatic heterocycles. The highest BCUT2D eigenvalue weighted by Crippen LogP contribution is 2.05. The van der Waals surface area contributed by atoms with E-state index in [9.17, 15) is 9.90 Å². The lowest BCUT2D eigenvalue weighted by molar-refractivity contribution is -0.139. The van der Waals surface area contributed by atoms with Crippen LogP contribution in [0.4, 0.5) is 0 Å². The first-order chi connectivity index (χ1) is 12.2. The molecule has 25 heavy (non-hydrogen) atoms. The molecule has 5 heteroatoms. The maximum atomic E-state index is 11.3. The largest absolute Gasteiger partial charge is 0.480 e. The third-order valence-corrected chi connectivity index (χ3v) is 4.11. The van der Waals surface area contributed by atoms with E-state index in [4.69, 9.17) is 0 Å². The van der Waals surface area contributed by atoms with Crippen LogP contribution in [0, 0.1) is 0 Å². The summed E-state index contributed by atoms with van der Waals surface area (Å²) in [4.78, 5) is 13.5. The Hall–Kier alpha value is -2.21. The van der Waals surface area contributed by atoms with Gasteiger partial charge < -0.3 is 15.7 Å². The number of benzene rings is 2. The minimum Gasteiger partial charge on any atom is -0.480 e. The van der Waals surface area contributed by atoms with Gasteiger partial charge in [-0.3, -0.25) is 9.69 Å². The van der Waals surface area contributed by atoms with Gasteiger partial charge in [-0.05, 0) is 18.2 Å². The van der Waals surface area contributed by atoms with Crippen molar-refractivity contribution in [3.05, 3.63) is 71.8 Å². The van der Waals surface area contributed by atoms with Crippen molar-refractivity contribution >= 4 is 5.97 Å². The van der Waals surface area contributed by atoms with Gasteiger partial charge in [0.1, 0.15) is 6.04 Å². The zero-order chi connectivity index (χ0) is 17.9. The van der Waals surface area contributed by atoms with Crippen molar-refractivity contribution in [2.45, 2.75) is 19.1 Å². The Labute approximate surface area is 149 Å². The molecule has 134 valence electrons. The summed E-state index contributed by atoms with van der Waals surface area (Å²) in [5.41, 5.74) is 2.43. The van der Waals surface area contributed by atoms with Crippen LogP contribution in [0.15, 0.2) is 60.7 Å². The number of carbonyl (C=O) groups is 1. The van der Waals surface area contributed by atoms with Crippen LogP contribution in [0.5, 0.6) is 0 Å². The lowest BCUT2D eigenvalue weighted by Crippen LogP contribution is -2.46. The lowest BCUT2D eigenvalue weighted by Gasteiger charge is -2.25. The monoisotopic (exact) mass is 341 g/mol. The fraction of sp³-hybridized carbons (Fsp3) is 0.350. The van der Waals surface area contributed by atoms with Gasteiger partial charge in [-0.15, -0.1) is 0 Å². The van der Waals surface area contributed by atoms with Crippen LogP contribution < -0.4 is 10.6 Å². The summed E-state index contributed by atoms with van der Waals surface area (Å²) in [6.45, 7) is 3.60. The second-order valence-electron chi connectivity index (χ2n) is 6.06. The molecule has 0 bridgehead atoms. The van der Waals surface area contributed by atoms with E-state index in [1.807, 2.05) is 36.4 Å². The van der Waals surface area contributed by atoms with Gasteiger partial charge in [0.05, 0.1) is 0 Å². The molecule has 0 aliphatic rings. The van der Waals surface area contributed by atoms with Crippen molar-refractivity contribution in [1.82, 2.24) is 15.5 Å². The van der Waals surface area contributed by atoms with Crippen molar-refractivity contribution in [2.24, 2.45) is 0 Å². The minimum atomic E-state index is -0.821. The van der Waals surface area contributed by atoms with Crippen LogP contribution in [0.25, 0.3) is 0 Å². The average Bonchev–Trinajstić information content (AvgIpc) is 2.64. The summed E-state index contributed by atoms with van der Waals surface area (Å²) >= 11 is 0. The molecule has 2 aromatic carbocycles. The summed E-state index contributed by atoms with van der Waals surface area (Å²) in [5, 5.41) is 15.6. The Morgan fingerprint density at radius 1 is 1.04 bits per heavy atom. The van der Waals surface area contributed by atoms with Crippen LogP contribution in [0.2, 0.25) is 0 Å². The first kappa shape index (κ1) is 19.1. The Morgan fingerprint density at radius 3 is 2.20 bits per heavy atom. The van der Waals surface area contributed by atoms with E-state index in [2.05, 4.69) is 39.8 Å². The predicted octanol–water partition coefficient (Wildman–Crippen LogP) is 1.95. The molecule has 5 nitrogen and oxygen atoms in total. The van der Waals surface area contributed by atoms with Crippen LogP contribution in [0.3, 0.4) is 0 Å². The number of hydrogen-bond acceptors (Lipinski definition) is 4. The Bertz CT molecular complexity index is 619. The van der Waals surface area contributed by atoms with Crippen molar-refractivity contribution in [3.63, 3.8) is 0 Å². The molecule has 0 aliphatic heterocycles. The first-order valence-corrected chi connectivity index (χ1v) is 8.60. The molecule has 0 fully saturated rings. The topological polar surface area (TPSA) is 64.6 Å². The number of likely N-dealkylation sites (N-methyl/N-ethyl adjacent to an activating group) is 1. The molecule has 0 saturated heterocycles. The molecular weight excluding hydrogens is 314 g/mol. The van der Waals surface area contributed by atoms with Gasteiger partial charge >= 0.3 is 5.97 Å². The van der Waals surface area contributed by atoms with Gasteiger partial charge in [-0.25, -0.2) is 0 Å². The summed E-state index contributed by atoms with van der Waals surface area (Å²) in [6.07, 6.45) is 0. The highest BCUT2D eigenvalue weighted by molar-refractivity contribution is 5.73. The number of carboxylic acid groups (broad SMARTS) is 1. The second kappa shape index (κ2) is 10.6. The fourth-order valence-electron chi connectivity index (χ4n) is 2.69. The van der Waals surface area contributed by atoms with E-state index in [1.165, 1.54) is 11.1 Å². The van der Waals surface area contributed by atoms with Crippen LogP contribution in [-0.2, 0) is 17.9 Å². The molecule has 1 atom stereocenters. The minimum absolute atomic E-state index is 0.466. The molecule has 0 aliphatic carbocycles. The second-order valence-corrected chi connectivity index (χ2v) is 6.06. The van der Waals surface area contributed by atoms with Crippen molar-refractivity contribution in [2.75, 3.05) is 26.7 Å². The summed E-state index contributed by atoms with van der Waals surface area (Å²) < 4.78 is 0. The lowest BCUT2D eigenvalue weighted by atomic mass is 10.2. The van der Waals surface area contributed by atoms with Crippen molar-refractivity contribution < 1.29 is 9.90 Å². The summed E-state index contributed by atoms with van der Waals surface area (Å²) in [6, 6.07) is 19.8. The number of nitrogens with one attached hydrogen (secondary N) is 2. The molecule has 0 amide bonds. The Morgan fingerprint density at radius 2 is 1.64 bits per heavy atom. The smallest absolute Gasteiger partial charge is 0.322 e. The molecule has 2 aromatic rings. The molecule has 2 rings (SSSR count). The molecule has 0 spiro atoms. The third-order valence-electron chi connectivity index (χ3n) is 4.11. The molecule has 0 unspecified atom stereocenters. The fourth-order valence-corrected chi connectivity index (χ4v) is 2.69. The zero-order valence-corrected chi connectivity index (χ0v) is 14.7. The van der Waals surface area contributed by atoms with Gasteiger partial charge in [0, 0.05) is 32.7 Å².